The molecule has 1 saturated heterocycles. The van der Waals surface area contributed by atoms with Crippen LogP contribution in [0.4, 0.5) is 0 Å². The number of rotatable bonds is 2. The van der Waals surface area contributed by atoms with E-state index in [0.29, 0.717) is 24.1 Å². The normalized spacial score (nSPS) is 37.6. The summed E-state index contributed by atoms with van der Waals surface area (Å²) in [7, 11) is 0. The smallest absolute Gasteiger partial charge is 0.330 e. The van der Waals surface area contributed by atoms with Crippen molar-refractivity contribution in [2.24, 2.45) is 5.41 Å². The van der Waals surface area contributed by atoms with Gasteiger partial charge in [0.1, 0.15) is 12.3 Å². The van der Waals surface area contributed by atoms with Crippen molar-refractivity contribution >= 4 is 0 Å². The zero-order chi connectivity index (χ0) is 16.4. The van der Waals surface area contributed by atoms with Gasteiger partial charge in [0.25, 0.3) is 5.56 Å². The number of aromatic amines is 1. The van der Waals surface area contributed by atoms with Crippen molar-refractivity contribution in [2.75, 3.05) is 6.58 Å². The molecule has 1 saturated carbocycles. The molecule has 3 rings (SSSR count). The molecule has 2 heterocycles. The van der Waals surface area contributed by atoms with Gasteiger partial charge in [-0.1, -0.05) is 0 Å². The van der Waals surface area contributed by atoms with Crippen LogP contribution in [-0.2, 0) is 4.74 Å². The van der Waals surface area contributed by atoms with Gasteiger partial charge in [0.2, 0.25) is 0 Å². The number of hydrogen-bond acceptors (Lipinski definition) is 5. The molecule has 4 atom stereocenters. The molecule has 1 aromatic rings. The van der Waals surface area contributed by atoms with Crippen LogP contribution in [0.15, 0.2) is 9.59 Å². The average Bonchev–Trinajstić information content (AvgIpc) is 3.17. The molecule has 3 N–H and O–H groups in total. The van der Waals surface area contributed by atoms with E-state index in [1.54, 1.807) is 13.8 Å². The molecule has 110 valence electrons. The Labute approximate surface area is 117 Å². The summed E-state index contributed by atoms with van der Waals surface area (Å²) >= 11 is 0. The Hall–Kier alpha value is -1.44. The molecule has 0 bridgehead atoms. The third kappa shape index (κ3) is 1.63. The first-order chi connectivity index (χ1) is 10.1. The molecule has 1 aromatic heterocycles. The van der Waals surface area contributed by atoms with E-state index < -0.39 is 41.7 Å². The quantitative estimate of drug-likeness (QED) is 0.658. The van der Waals surface area contributed by atoms with Gasteiger partial charge in [0.15, 0.2) is 0 Å². The SMILES string of the molecule is [2H]C(O)[C@H]1O[C@@H](n2c(C)c(C)c(=O)[nH]c2=O)C2(CC2)[C@]1([2H])O. The summed E-state index contributed by atoms with van der Waals surface area (Å²) in [6.45, 7) is 1.34. The van der Waals surface area contributed by atoms with Gasteiger partial charge in [-0.25, -0.2) is 4.79 Å². The lowest BCUT2D eigenvalue weighted by Gasteiger charge is -2.23. The fraction of sp³-hybridized carbons (Fsp3) is 0.692. The summed E-state index contributed by atoms with van der Waals surface area (Å²) in [6.07, 6.45) is -3.74. The van der Waals surface area contributed by atoms with Gasteiger partial charge >= 0.3 is 5.69 Å². The van der Waals surface area contributed by atoms with Crippen molar-refractivity contribution in [1.82, 2.24) is 9.55 Å². The van der Waals surface area contributed by atoms with Crippen LogP contribution in [0.3, 0.4) is 0 Å². The van der Waals surface area contributed by atoms with E-state index in [1.165, 1.54) is 4.57 Å². The molecule has 0 amide bonds. The second kappa shape index (κ2) is 4.28. The molecular weight excluding hydrogens is 264 g/mol. The van der Waals surface area contributed by atoms with Crippen LogP contribution in [0.5, 0.6) is 0 Å². The van der Waals surface area contributed by atoms with Gasteiger partial charge in [-0.2, -0.15) is 0 Å². The Morgan fingerprint density at radius 2 is 2.20 bits per heavy atom. The summed E-state index contributed by atoms with van der Waals surface area (Å²) in [5, 5.41) is 19.9. The maximum atomic E-state index is 12.2. The maximum Gasteiger partial charge on any atom is 0.330 e. The molecule has 7 nitrogen and oxygen atoms in total. The van der Waals surface area contributed by atoms with E-state index in [2.05, 4.69) is 4.98 Å². The highest BCUT2D eigenvalue weighted by Crippen LogP contribution is 2.62. The first kappa shape index (κ1) is 11.2. The van der Waals surface area contributed by atoms with Crippen LogP contribution < -0.4 is 11.2 Å². The lowest BCUT2D eigenvalue weighted by Crippen LogP contribution is -2.39. The minimum absolute atomic E-state index is 0.336. The number of aliphatic hydroxyl groups excluding tert-OH is 1. The average molecular weight is 284 g/mol. The van der Waals surface area contributed by atoms with Crippen molar-refractivity contribution < 1.29 is 17.7 Å². The number of hydrogen-bond donors (Lipinski definition) is 3. The minimum Gasteiger partial charge on any atom is -0.394 e. The predicted molar refractivity (Wildman–Crippen MR) is 69.5 cm³/mol. The molecule has 7 heteroatoms. The number of nitrogens with one attached hydrogen (secondary N) is 1. The van der Waals surface area contributed by atoms with Crippen LogP contribution in [0, 0.1) is 19.3 Å². The number of ether oxygens (including phenoxy) is 1. The lowest BCUT2D eigenvalue weighted by atomic mass is 9.96. The van der Waals surface area contributed by atoms with Gasteiger partial charge in [0, 0.05) is 16.7 Å². The Bertz CT molecular complexity index is 735. The van der Waals surface area contributed by atoms with E-state index in [1.807, 2.05) is 0 Å². The van der Waals surface area contributed by atoms with Gasteiger partial charge in [-0.15, -0.1) is 0 Å². The molecule has 1 spiro atoms. The van der Waals surface area contributed by atoms with Crippen LogP contribution >= 0.6 is 0 Å². The molecule has 0 aromatic carbocycles. The van der Waals surface area contributed by atoms with Crippen molar-refractivity contribution in [3.63, 3.8) is 0 Å². The van der Waals surface area contributed by atoms with E-state index in [0.717, 1.165) is 0 Å². The second-order valence-corrected chi connectivity index (χ2v) is 5.44. The van der Waals surface area contributed by atoms with Gasteiger partial charge in [-0.05, 0) is 26.7 Å². The Kier molecular flexibility index (Phi) is 2.40. The fourth-order valence-corrected chi connectivity index (χ4v) is 2.83. The van der Waals surface area contributed by atoms with Gasteiger partial charge in [0.05, 0.1) is 15.4 Å². The Balaban J connectivity index is 2.17. The summed E-state index contributed by atoms with van der Waals surface area (Å²) in [6, 6.07) is 0. The zero-order valence-corrected chi connectivity index (χ0v) is 11.2. The highest BCUT2D eigenvalue weighted by Gasteiger charge is 2.64. The standard InChI is InChI=1S/C13H18N2O5/c1-6-7(2)15(12(19)14-10(6)18)11-13(3-4-13)9(17)8(5-16)20-11/h8-9,11,16-17H,3-5H2,1-2H3,(H,14,18,19)/t8-,9-,11-/m1/s1/i5D,9D/t5?,8-,9-,11-. The van der Waals surface area contributed by atoms with Crippen molar-refractivity contribution in [1.29, 1.82) is 0 Å². The Morgan fingerprint density at radius 1 is 1.55 bits per heavy atom. The topological polar surface area (TPSA) is 105 Å². The predicted octanol–water partition coefficient (Wildman–Crippen LogP) is -0.816. The highest BCUT2D eigenvalue weighted by atomic mass is 16.5. The first-order valence-electron chi connectivity index (χ1n) is 7.51. The molecule has 1 aliphatic heterocycles. The van der Waals surface area contributed by atoms with E-state index in [-0.39, 0.29) is 0 Å². The molecule has 1 unspecified atom stereocenters. The molecule has 2 aliphatic rings. The van der Waals surface area contributed by atoms with E-state index in [4.69, 9.17) is 7.48 Å². The molecule has 2 fully saturated rings. The van der Waals surface area contributed by atoms with Gasteiger partial charge in [-0.3, -0.25) is 14.3 Å². The monoisotopic (exact) mass is 284 g/mol. The number of nitrogens with zero attached hydrogens (tertiary/aromatic N) is 1. The van der Waals surface area contributed by atoms with Crippen LogP contribution in [0.25, 0.3) is 0 Å². The summed E-state index contributed by atoms with van der Waals surface area (Å²) in [4.78, 5) is 26.0. The first-order valence-corrected chi connectivity index (χ1v) is 6.43. The molecule has 0 radical (unpaired) electrons. The summed E-state index contributed by atoms with van der Waals surface area (Å²) in [5.41, 5.74) is -1.54. The summed E-state index contributed by atoms with van der Waals surface area (Å²) < 4.78 is 22.2. The number of aliphatic hydroxyl groups is 2. The van der Waals surface area contributed by atoms with E-state index >= 15 is 0 Å². The fourth-order valence-electron chi connectivity index (χ4n) is 2.83. The molecule has 20 heavy (non-hydrogen) atoms. The largest absolute Gasteiger partial charge is 0.394 e. The zero-order valence-electron chi connectivity index (χ0n) is 13.2. The van der Waals surface area contributed by atoms with Crippen LogP contribution in [0.1, 0.15) is 33.1 Å². The third-order valence-electron chi connectivity index (χ3n) is 4.37. The maximum absolute atomic E-state index is 12.2. The van der Waals surface area contributed by atoms with Crippen LogP contribution in [-0.4, -0.2) is 38.5 Å². The number of H-pyrrole nitrogens is 1. The molecule has 1 aliphatic carbocycles. The van der Waals surface area contributed by atoms with Gasteiger partial charge < -0.3 is 14.9 Å². The lowest BCUT2D eigenvalue weighted by molar-refractivity contribution is -0.0499. The molecular formula is C13H18N2O5. The number of aromatic nitrogens is 2. The van der Waals surface area contributed by atoms with Crippen molar-refractivity contribution in [3.8, 4) is 0 Å². The minimum atomic E-state index is -2.17. The van der Waals surface area contributed by atoms with Crippen LogP contribution in [0.2, 0.25) is 0 Å². The summed E-state index contributed by atoms with van der Waals surface area (Å²) in [5.74, 6) is 0. The van der Waals surface area contributed by atoms with E-state index in [9.17, 15) is 19.8 Å². The highest BCUT2D eigenvalue weighted by molar-refractivity contribution is 5.18. The third-order valence-corrected chi connectivity index (χ3v) is 4.37. The second-order valence-electron chi connectivity index (χ2n) is 5.44. The Morgan fingerprint density at radius 3 is 2.75 bits per heavy atom. The van der Waals surface area contributed by atoms with Crippen molar-refractivity contribution in [3.05, 3.63) is 32.1 Å². The van der Waals surface area contributed by atoms with Crippen molar-refractivity contribution in [2.45, 2.75) is 45.1 Å².